The van der Waals surface area contributed by atoms with Crippen LogP contribution >= 0.6 is 7.80 Å². The molecule has 181 valence electrons. The monoisotopic (exact) mass is 493 g/mol. The van der Waals surface area contributed by atoms with Gasteiger partial charge in [0.05, 0.1) is 0 Å². The van der Waals surface area contributed by atoms with Gasteiger partial charge in [-0.2, -0.15) is 0 Å². The van der Waals surface area contributed by atoms with Gasteiger partial charge in [-0.1, -0.05) is 65.7 Å². The molecule has 0 saturated heterocycles. The number of hydrogen-bond donors (Lipinski definition) is 0. The van der Waals surface area contributed by atoms with E-state index < -0.39 is 7.80 Å². The van der Waals surface area contributed by atoms with Crippen molar-refractivity contribution < 1.29 is 14.2 Å². The number of carbonyl (C=O) groups excluding carboxylic acids is 2. The Bertz CT molecular complexity index is 1480. The van der Waals surface area contributed by atoms with Gasteiger partial charge in [0.15, 0.2) is 11.6 Å². The first kappa shape index (κ1) is 25.4. The van der Waals surface area contributed by atoms with Gasteiger partial charge in [0.2, 0.25) is 0 Å². The summed E-state index contributed by atoms with van der Waals surface area (Å²) in [6.45, 7) is 11.6. The third-order valence-corrected chi connectivity index (χ3v) is 8.11. The van der Waals surface area contributed by atoms with Crippen molar-refractivity contribution in [1.29, 1.82) is 0 Å². The van der Waals surface area contributed by atoms with E-state index in [9.17, 15) is 14.2 Å². The summed E-state index contributed by atoms with van der Waals surface area (Å²) in [5, 5.41) is 1.00. The largest absolute Gasteiger partial charge is 0.289 e. The fourth-order valence-corrected chi connectivity index (χ4v) is 6.54. The molecular weight excluding hydrogens is 463 g/mol. The maximum absolute atomic E-state index is 14.3. The normalized spacial score (nSPS) is 11.3. The second kappa shape index (κ2) is 10.1. The zero-order chi connectivity index (χ0) is 26.1. The lowest BCUT2D eigenvalue weighted by Gasteiger charge is -2.18. The Labute approximate surface area is 214 Å². The standard InChI is InChI=1S/C32H30O3P/c1-19-15-21(3)28(22(4)16-19)31(33)26-13-10-14-27(36(35)25-11-8-7-9-12-25)30(26)32(34)29-23(5)17-20(2)18-24(29)6/h7-18H,1-6H3. The van der Waals surface area contributed by atoms with Crippen molar-refractivity contribution in [2.45, 2.75) is 41.5 Å². The van der Waals surface area contributed by atoms with E-state index in [1.165, 1.54) is 0 Å². The van der Waals surface area contributed by atoms with Crippen LogP contribution in [0.2, 0.25) is 0 Å². The Hall–Kier alpha value is -3.68. The Kier molecular flexibility index (Phi) is 7.15. The fourth-order valence-electron chi connectivity index (χ4n) is 5.18. The third-order valence-electron chi connectivity index (χ3n) is 6.53. The lowest BCUT2D eigenvalue weighted by atomic mass is 9.87. The first-order valence-electron chi connectivity index (χ1n) is 12.0. The summed E-state index contributed by atoms with van der Waals surface area (Å²) in [5.41, 5.74) is 7.17. The van der Waals surface area contributed by atoms with E-state index in [0.29, 0.717) is 21.7 Å². The van der Waals surface area contributed by atoms with Crippen molar-refractivity contribution in [3.63, 3.8) is 0 Å². The molecule has 3 nitrogen and oxygen atoms in total. The first-order valence-corrected chi connectivity index (χ1v) is 13.3. The minimum atomic E-state index is -2.09. The minimum Gasteiger partial charge on any atom is -0.289 e. The SMILES string of the molecule is Cc1cc(C)c(C(=O)c2cccc([P](=O)c3ccccc3)c2C(=O)c2c(C)cc(C)cc2C)c(C)c1. The Morgan fingerprint density at radius 1 is 0.556 bits per heavy atom. The molecule has 0 aliphatic heterocycles. The fraction of sp³-hybridized carbons (Fsp3) is 0.188. The molecule has 0 spiro atoms. The summed E-state index contributed by atoms with van der Waals surface area (Å²) in [6, 6.07) is 22.1. The maximum Gasteiger partial charge on any atom is 0.195 e. The third kappa shape index (κ3) is 4.72. The summed E-state index contributed by atoms with van der Waals surface area (Å²) in [5.74, 6) is -0.500. The predicted molar refractivity (Wildman–Crippen MR) is 148 cm³/mol. The molecule has 4 heteroatoms. The molecule has 4 aromatic rings. The van der Waals surface area contributed by atoms with Crippen LogP contribution in [0.4, 0.5) is 0 Å². The molecule has 0 bridgehead atoms. The van der Waals surface area contributed by atoms with Gasteiger partial charge in [-0.25, -0.2) is 0 Å². The molecule has 0 aliphatic rings. The lowest BCUT2D eigenvalue weighted by molar-refractivity contribution is 0.100. The smallest absolute Gasteiger partial charge is 0.195 e. The molecule has 1 radical (unpaired) electrons. The van der Waals surface area contributed by atoms with Crippen LogP contribution in [0.15, 0.2) is 72.8 Å². The van der Waals surface area contributed by atoms with E-state index in [-0.39, 0.29) is 22.7 Å². The molecule has 0 N–H and O–H groups in total. The Morgan fingerprint density at radius 2 is 1.03 bits per heavy atom. The molecule has 4 rings (SSSR count). The second-order valence-corrected chi connectivity index (χ2v) is 11.1. The van der Waals surface area contributed by atoms with E-state index >= 15 is 0 Å². The molecule has 1 atom stereocenters. The lowest BCUT2D eigenvalue weighted by Crippen LogP contribution is -2.23. The van der Waals surface area contributed by atoms with Gasteiger partial charge >= 0.3 is 0 Å². The van der Waals surface area contributed by atoms with Crippen molar-refractivity contribution in [3.05, 3.63) is 128 Å². The Morgan fingerprint density at radius 3 is 1.53 bits per heavy atom. The van der Waals surface area contributed by atoms with E-state index in [1.807, 2.05) is 84.0 Å². The molecule has 0 amide bonds. The molecule has 0 saturated carbocycles. The summed E-state index contributed by atoms with van der Waals surface area (Å²) >= 11 is 0. The number of benzene rings is 4. The topological polar surface area (TPSA) is 51.2 Å². The highest BCUT2D eigenvalue weighted by Gasteiger charge is 2.29. The van der Waals surface area contributed by atoms with Crippen LogP contribution in [0.3, 0.4) is 0 Å². The molecule has 0 heterocycles. The zero-order valence-corrected chi connectivity index (χ0v) is 22.5. The van der Waals surface area contributed by atoms with Gasteiger partial charge < -0.3 is 0 Å². The summed E-state index contributed by atoms with van der Waals surface area (Å²) in [7, 11) is -2.09. The molecule has 4 aromatic carbocycles. The van der Waals surface area contributed by atoms with Gasteiger partial charge in [-0.05, 0) is 82.0 Å². The van der Waals surface area contributed by atoms with Crippen molar-refractivity contribution in [3.8, 4) is 0 Å². The van der Waals surface area contributed by atoms with Gasteiger partial charge in [-0.3, -0.25) is 14.2 Å². The van der Waals surface area contributed by atoms with Gasteiger partial charge in [0.25, 0.3) is 0 Å². The van der Waals surface area contributed by atoms with Crippen molar-refractivity contribution in [1.82, 2.24) is 0 Å². The van der Waals surface area contributed by atoms with Crippen LogP contribution in [-0.4, -0.2) is 11.6 Å². The molecule has 0 aliphatic carbocycles. The number of ketones is 2. The highest BCUT2D eigenvalue weighted by Crippen LogP contribution is 2.30. The van der Waals surface area contributed by atoms with Crippen molar-refractivity contribution in [2.24, 2.45) is 0 Å². The number of hydrogen-bond acceptors (Lipinski definition) is 3. The molecule has 0 fully saturated rings. The predicted octanol–water partition coefficient (Wildman–Crippen LogP) is 6.78. The van der Waals surface area contributed by atoms with Crippen LogP contribution < -0.4 is 10.6 Å². The van der Waals surface area contributed by atoms with Crippen LogP contribution in [0.1, 0.15) is 65.2 Å². The first-order chi connectivity index (χ1) is 17.1. The highest BCUT2D eigenvalue weighted by atomic mass is 31.1. The molecular formula is C32H30O3P. The van der Waals surface area contributed by atoms with Crippen LogP contribution in [0.5, 0.6) is 0 Å². The van der Waals surface area contributed by atoms with E-state index in [1.54, 1.807) is 30.3 Å². The molecule has 1 unspecified atom stereocenters. The maximum atomic E-state index is 14.3. The summed E-state index contributed by atoms with van der Waals surface area (Å²) < 4.78 is 13.8. The van der Waals surface area contributed by atoms with Crippen LogP contribution in [-0.2, 0) is 4.57 Å². The summed E-state index contributed by atoms with van der Waals surface area (Å²) in [4.78, 5) is 28.3. The number of aryl methyl sites for hydroxylation is 6. The average Bonchev–Trinajstić information content (AvgIpc) is 2.82. The number of rotatable bonds is 6. The average molecular weight is 494 g/mol. The molecule has 0 aromatic heterocycles. The van der Waals surface area contributed by atoms with Gasteiger partial charge in [0.1, 0.15) is 7.80 Å². The summed E-state index contributed by atoms with van der Waals surface area (Å²) in [6.07, 6.45) is 0. The highest BCUT2D eigenvalue weighted by molar-refractivity contribution is 7.61. The van der Waals surface area contributed by atoms with E-state index in [0.717, 1.165) is 33.4 Å². The van der Waals surface area contributed by atoms with E-state index in [4.69, 9.17) is 0 Å². The van der Waals surface area contributed by atoms with E-state index in [2.05, 4.69) is 0 Å². The van der Waals surface area contributed by atoms with Gasteiger partial charge in [-0.15, -0.1) is 0 Å². The second-order valence-electron chi connectivity index (χ2n) is 9.54. The van der Waals surface area contributed by atoms with Crippen LogP contribution in [0.25, 0.3) is 0 Å². The van der Waals surface area contributed by atoms with Crippen LogP contribution in [0, 0.1) is 41.5 Å². The minimum absolute atomic E-state index is 0.224. The number of carbonyl (C=O) groups is 2. The quantitative estimate of drug-likeness (QED) is 0.220. The van der Waals surface area contributed by atoms with Crippen molar-refractivity contribution >= 4 is 30.0 Å². The van der Waals surface area contributed by atoms with Gasteiger partial charge in [0, 0.05) is 32.9 Å². The molecule has 36 heavy (non-hydrogen) atoms. The Balaban J connectivity index is 2.01. The van der Waals surface area contributed by atoms with Crippen molar-refractivity contribution in [2.75, 3.05) is 0 Å². The zero-order valence-electron chi connectivity index (χ0n) is 21.6.